The quantitative estimate of drug-likeness (QED) is 0.0425. The Hall–Kier alpha value is -1.17. The Morgan fingerprint density at radius 1 is 0.545 bits per heavy atom. The molecule has 0 aliphatic heterocycles. The van der Waals surface area contributed by atoms with Crippen LogP contribution in [0.4, 0.5) is 0 Å². The molecular weight excluding hydrogens is 546 g/mol. The smallest absolute Gasteiger partial charge is 0.249 e. The van der Waals surface area contributed by atoms with E-state index in [2.05, 4.69) is 31.3 Å². The zero-order chi connectivity index (χ0) is 32.4. The lowest BCUT2D eigenvalue weighted by atomic mass is 10.0. The molecule has 0 aromatic rings. The molecule has 0 heterocycles. The van der Waals surface area contributed by atoms with E-state index in [1.54, 1.807) is 6.08 Å². The van der Waals surface area contributed by atoms with Gasteiger partial charge in [0.25, 0.3) is 0 Å². The van der Waals surface area contributed by atoms with E-state index in [9.17, 15) is 20.1 Å². The average Bonchev–Trinajstić information content (AvgIpc) is 3.03. The minimum Gasteiger partial charge on any atom is -0.394 e. The van der Waals surface area contributed by atoms with Crippen LogP contribution in [0, 0.1) is 0 Å². The summed E-state index contributed by atoms with van der Waals surface area (Å²) in [5, 5.41) is 32.9. The number of rotatable bonds is 34. The van der Waals surface area contributed by atoms with Crippen molar-refractivity contribution in [1.82, 2.24) is 5.32 Å². The topological polar surface area (TPSA) is 89.8 Å². The molecule has 0 saturated carbocycles. The molecule has 260 valence electrons. The molecule has 0 rings (SSSR count). The molecule has 0 aliphatic carbocycles. The molecule has 3 atom stereocenters. The van der Waals surface area contributed by atoms with Crippen LogP contribution in [-0.4, -0.2) is 46.1 Å². The first-order chi connectivity index (χ1) is 21.6. The fraction of sp³-hybridized carbons (Fsp3) is 0.872. The van der Waals surface area contributed by atoms with Crippen LogP contribution in [0.3, 0.4) is 0 Å². The van der Waals surface area contributed by atoms with E-state index in [0.29, 0.717) is 6.42 Å². The van der Waals surface area contributed by atoms with Crippen molar-refractivity contribution in [2.75, 3.05) is 6.61 Å². The van der Waals surface area contributed by atoms with E-state index in [-0.39, 0.29) is 6.61 Å². The molecule has 0 saturated heterocycles. The molecule has 5 heteroatoms. The first-order valence-corrected chi connectivity index (χ1v) is 19.2. The van der Waals surface area contributed by atoms with Gasteiger partial charge in [0.1, 0.15) is 6.10 Å². The minimum atomic E-state index is -1.10. The average molecular weight is 622 g/mol. The molecule has 0 aromatic heterocycles. The second-order valence-corrected chi connectivity index (χ2v) is 13.1. The summed E-state index contributed by atoms with van der Waals surface area (Å²) < 4.78 is 0. The molecule has 3 unspecified atom stereocenters. The van der Waals surface area contributed by atoms with Gasteiger partial charge in [-0.3, -0.25) is 4.79 Å². The number of allylic oxidation sites excluding steroid dienone is 3. The summed E-state index contributed by atoms with van der Waals surface area (Å²) in [6, 6.07) is -0.809. The molecule has 44 heavy (non-hydrogen) atoms. The van der Waals surface area contributed by atoms with Crippen molar-refractivity contribution in [3.05, 3.63) is 24.3 Å². The third kappa shape index (κ3) is 29.5. The van der Waals surface area contributed by atoms with Gasteiger partial charge in [-0.25, -0.2) is 0 Å². The van der Waals surface area contributed by atoms with Gasteiger partial charge in [0.05, 0.1) is 18.8 Å². The van der Waals surface area contributed by atoms with E-state index in [1.807, 2.05) is 6.08 Å². The first kappa shape index (κ1) is 42.8. The van der Waals surface area contributed by atoms with Gasteiger partial charge in [-0.15, -0.1) is 0 Å². The third-order valence-electron chi connectivity index (χ3n) is 8.79. The van der Waals surface area contributed by atoms with E-state index in [4.69, 9.17) is 0 Å². The molecule has 0 aromatic carbocycles. The van der Waals surface area contributed by atoms with Crippen molar-refractivity contribution in [1.29, 1.82) is 0 Å². The van der Waals surface area contributed by atoms with Gasteiger partial charge >= 0.3 is 0 Å². The zero-order valence-electron chi connectivity index (χ0n) is 29.3. The second-order valence-electron chi connectivity index (χ2n) is 13.1. The molecule has 0 fully saturated rings. The van der Waals surface area contributed by atoms with Crippen LogP contribution in [0.5, 0.6) is 0 Å². The highest BCUT2D eigenvalue weighted by Crippen LogP contribution is 2.14. The molecule has 0 aliphatic rings. The summed E-state index contributed by atoms with van der Waals surface area (Å²) in [5.41, 5.74) is 0. The predicted molar refractivity (Wildman–Crippen MR) is 190 cm³/mol. The highest BCUT2D eigenvalue weighted by Gasteiger charge is 2.22. The van der Waals surface area contributed by atoms with Crippen LogP contribution in [0.1, 0.15) is 194 Å². The van der Waals surface area contributed by atoms with Crippen molar-refractivity contribution in [2.45, 2.75) is 212 Å². The van der Waals surface area contributed by atoms with Gasteiger partial charge in [-0.05, 0) is 32.1 Å². The van der Waals surface area contributed by atoms with Crippen molar-refractivity contribution in [3.8, 4) is 0 Å². The summed E-state index contributed by atoms with van der Waals surface area (Å²) in [6.07, 6.45) is 40.6. The Kier molecular flexibility index (Phi) is 33.8. The van der Waals surface area contributed by atoms with Crippen molar-refractivity contribution in [3.63, 3.8) is 0 Å². The summed E-state index contributed by atoms with van der Waals surface area (Å²) in [5.74, 6) is -0.514. The van der Waals surface area contributed by atoms with E-state index >= 15 is 0 Å². The summed E-state index contributed by atoms with van der Waals surface area (Å²) >= 11 is 0. The van der Waals surface area contributed by atoms with Gasteiger partial charge in [0, 0.05) is 0 Å². The van der Waals surface area contributed by atoms with Crippen LogP contribution in [0.15, 0.2) is 24.3 Å². The van der Waals surface area contributed by atoms with Crippen LogP contribution >= 0.6 is 0 Å². The van der Waals surface area contributed by atoms with E-state index in [1.165, 1.54) is 135 Å². The molecule has 0 bridgehead atoms. The fourth-order valence-corrected chi connectivity index (χ4v) is 5.73. The largest absolute Gasteiger partial charge is 0.394 e. The Bertz CT molecular complexity index is 650. The number of carbonyl (C=O) groups excluding carboxylic acids is 1. The Labute approximate surface area is 273 Å². The number of hydrogen-bond donors (Lipinski definition) is 4. The number of unbranched alkanes of at least 4 members (excludes halogenated alkanes) is 24. The third-order valence-corrected chi connectivity index (χ3v) is 8.79. The van der Waals surface area contributed by atoms with Gasteiger partial charge in [-0.2, -0.15) is 0 Å². The molecule has 1 amide bonds. The second kappa shape index (κ2) is 34.7. The number of aliphatic hydroxyl groups excluding tert-OH is 3. The van der Waals surface area contributed by atoms with Crippen molar-refractivity contribution >= 4 is 5.91 Å². The maximum atomic E-state index is 12.4. The fourth-order valence-electron chi connectivity index (χ4n) is 5.73. The Balaban J connectivity index is 3.75. The molecule has 0 spiro atoms. The molecular formula is C39H75NO4. The molecule has 5 nitrogen and oxygen atoms in total. The van der Waals surface area contributed by atoms with Gasteiger partial charge < -0.3 is 20.6 Å². The number of nitrogens with one attached hydrogen (secondary N) is 1. The normalized spacial score (nSPS) is 14.0. The Morgan fingerprint density at radius 2 is 0.932 bits per heavy atom. The first-order valence-electron chi connectivity index (χ1n) is 19.2. The maximum absolute atomic E-state index is 12.4. The lowest BCUT2D eigenvalue weighted by Crippen LogP contribution is -2.48. The molecule has 0 radical (unpaired) electrons. The van der Waals surface area contributed by atoms with Crippen LogP contribution in [-0.2, 0) is 4.79 Å². The van der Waals surface area contributed by atoms with Crippen LogP contribution < -0.4 is 5.32 Å². The van der Waals surface area contributed by atoms with E-state index < -0.39 is 24.2 Å². The highest BCUT2D eigenvalue weighted by atomic mass is 16.3. The van der Waals surface area contributed by atoms with Crippen LogP contribution in [0.2, 0.25) is 0 Å². The number of hydrogen-bond acceptors (Lipinski definition) is 4. The minimum absolute atomic E-state index is 0.374. The SMILES string of the molecule is CCCCCCCCCCCCCCC/C=C/CC/C=C/C(O)C(CO)NC(=O)C(O)CCCCCCCCCCCCC. The van der Waals surface area contributed by atoms with Crippen LogP contribution in [0.25, 0.3) is 0 Å². The number of carbonyl (C=O) groups is 1. The summed E-state index contributed by atoms with van der Waals surface area (Å²) in [6.45, 7) is 4.15. The van der Waals surface area contributed by atoms with Crippen molar-refractivity contribution in [2.24, 2.45) is 0 Å². The van der Waals surface area contributed by atoms with Gasteiger partial charge in [-0.1, -0.05) is 186 Å². The van der Waals surface area contributed by atoms with Crippen molar-refractivity contribution < 1.29 is 20.1 Å². The lowest BCUT2D eigenvalue weighted by molar-refractivity contribution is -0.131. The Morgan fingerprint density at radius 3 is 1.39 bits per heavy atom. The predicted octanol–water partition coefficient (Wildman–Crippen LogP) is 10.3. The van der Waals surface area contributed by atoms with Gasteiger partial charge in [0.15, 0.2) is 0 Å². The standard InChI is InChI=1S/C39H75NO4/c1-3-5-7-9-11-13-15-16-17-18-19-20-21-22-24-25-27-29-31-33-37(42)36(35-41)40-39(44)38(43)34-32-30-28-26-23-14-12-10-8-6-4-2/h24-25,31,33,36-38,41-43H,3-23,26-30,32,34-35H2,1-2H3,(H,40,44)/b25-24+,33-31+. The van der Waals surface area contributed by atoms with Gasteiger partial charge in [0.2, 0.25) is 5.91 Å². The number of aliphatic hydroxyl groups is 3. The summed E-state index contributed by atoms with van der Waals surface area (Å²) in [4.78, 5) is 12.4. The van der Waals surface area contributed by atoms with E-state index in [0.717, 1.165) is 38.5 Å². The highest BCUT2D eigenvalue weighted by molar-refractivity contribution is 5.80. The maximum Gasteiger partial charge on any atom is 0.249 e. The monoisotopic (exact) mass is 622 g/mol. The zero-order valence-corrected chi connectivity index (χ0v) is 29.3. The lowest BCUT2D eigenvalue weighted by Gasteiger charge is -2.21. The molecule has 4 N–H and O–H groups in total. The summed E-state index contributed by atoms with van der Waals surface area (Å²) in [7, 11) is 0. The number of amides is 1.